The highest BCUT2D eigenvalue weighted by Gasteiger charge is 2.13. The van der Waals surface area contributed by atoms with E-state index in [1.165, 1.54) is 25.7 Å². The van der Waals surface area contributed by atoms with Crippen LogP contribution in [0.2, 0.25) is 0 Å². The van der Waals surface area contributed by atoms with Gasteiger partial charge in [-0.1, -0.05) is 31.0 Å². The van der Waals surface area contributed by atoms with Crippen molar-refractivity contribution in [1.29, 1.82) is 5.26 Å². The van der Waals surface area contributed by atoms with Crippen molar-refractivity contribution in [2.75, 3.05) is 18.0 Å². The van der Waals surface area contributed by atoms with E-state index < -0.39 is 0 Å². The fourth-order valence-corrected chi connectivity index (χ4v) is 2.72. The zero-order valence-electron chi connectivity index (χ0n) is 11.0. The van der Waals surface area contributed by atoms with Gasteiger partial charge in [-0.15, -0.1) is 0 Å². The topological polar surface area (TPSA) is 39.9 Å². The lowest BCUT2D eigenvalue weighted by Gasteiger charge is -2.22. The van der Waals surface area contributed by atoms with E-state index in [9.17, 15) is 5.26 Å². The Balaban J connectivity index is 2.06. The Morgan fingerprint density at radius 2 is 1.79 bits per heavy atom. The van der Waals surface area contributed by atoms with E-state index in [0.717, 1.165) is 35.4 Å². The monoisotopic (exact) mass is 251 g/mol. The van der Waals surface area contributed by atoms with E-state index >= 15 is 0 Å². The summed E-state index contributed by atoms with van der Waals surface area (Å²) in [6, 6.07) is 12.1. The third-order valence-corrected chi connectivity index (χ3v) is 3.75. The number of fused-ring (bicyclic) bond motifs is 1. The minimum absolute atomic E-state index is 0.727. The van der Waals surface area contributed by atoms with Crippen molar-refractivity contribution in [3.8, 4) is 6.07 Å². The van der Waals surface area contributed by atoms with E-state index in [0.29, 0.717) is 0 Å². The van der Waals surface area contributed by atoms with Gasteiger partial charge in [0, 0.05) is 18.5 Å². The quantitative estimate of drug-likeness (QED) is 0.779. The van der Waals surface area contributed by atoms with Gasteiger partial charge in [-0.3, -0.25) is 0 Å². The zero-order chi connectivity index (χ0) is 13.1. The Hall–Kier alpha value is -2.08. The van der Waals surface area contributed by atoms with Crippen LogP contribution in [0.4, 0.5) is 5.82 Å². The van der Waals surface area contributed by atoms with Crippen molar-refractivity contribution >= 4 is 16.7 Å². The summed E-state index contributed by atoms with van der Waals surface area (Å²) in [6.45, 7) is 2.10. The van der Waals surface area contributed by atoms with Crippen LogP contribution in [0.25, 0.3) is 10.9 Å². The van der Waals surface area contributed by atoms with E-state index in [4.69, 9.17) is 4.98 Å². The number of nitriles is 1. The van der Waals surface area contributed by atoms with Gasteiger partial charge in [0.2, 0.25) is 0 Å². The third-order valence-electron chi connectivity index (χ3n) is 3.75. The predicted molar refractivity (Wildman–Crippen MR) is 77.1 cm³/mol. The highest BCUT2D eigenvalue weighted by Crippen LogP contribution is 2.24. The first-order valence-electron chi connectivity index (χ1n) is 6.93. The first-order valence-corrected chi connectivity index (χ1v) is 6.93. The van der Waals surface area contributed by atoms with Crippen LogP contribution in [0.5, 0.6) is 0 Å². The standard InChI is InChI=1S/C16H17N3/c17-12-13-11-16(19-9-5-1-2-6-10-19)18-15-8-4-3-7-14(13)15/h3-4,7-8,11H,1-2,5-6,9-10H2. The highest BCUT2D eigenvalue weighted by atomic mass is 15.2. The molecule has 1 aromatic carbocycles. The lowest BCUT2D eigenvalue weighted by molar-refractivity contribution is 0.726. The molecule has 1 aliphatic heterocycles. The number of aromatic nitrogens is 1. The van der Waals surface area contributed by atoms with Gasteiger partial charge >= 0.3 is 0 Å². The second-order valence-electron chi connectivity index (χ2n) is 5.06. The molecule has 3 heteroatoms. The molecular formula is C16H17N3. The van der Waals surface area contributed by atoms with Gasteiger partial charge in [-0.2, -0.15) is 5.26 Å². The molecular weight excluding hydrogens is 234 g/mol. The first kappa shape index (κ1) is 12.0. The number of benzene rings is 1. The van der Waals surface area contributed by atoms with E-state index in [-0.39, 0.29) is 0 Å². The van der Waals surface area contributed by atoms with E-state index in [1.807, 2.05) is 30.3 Å². The van der Waals surface area contributed by atoms with Crippen LogP contribution >= 0.6 is 0 Å². The van der Waals surface area contributed by atoms with Crippen molar-refractivity contribution < 1.29 is 0 Å². The largest absolute Gasteiger partial charge is 0.357 e. The Bertz CT molecular complexity index is 619. The Morgan fingerprint density at radius 1 is 1.05 bits per heavy atom. The summed E-state index contributed by atoms with van der Waals surface area (Å²) in [5.74, 6) is 0.956. The molecule has 3 nitrogen and oxygen atoms in total. The summed E-state index contributed by atoms with van der Waals surface area (Å²) in [7, 11) is 0. The number of rotatable bonds is 1. The number of anilines is 1. The van der Waals surface area contributed by atoms with Crippen molar-refractivity contribution in [3.63, 3.8) is 0 Å². The highest BCUT2D eigenvalue weighted by molar-refractivity contribution is 5.86. The number of para-hydroxylation sites is 1. The molecule has 0 amide bonds. The number of nitrogens with zero attached hydrogens (tertiary/aromatic N) is 3. The van der Waals surface area contributed by atoms with Gasteiger partial charge in [0.15, 0.2) is 0 Å². The van der Waals surface area contributed by atoms with Crippen molar-refractivity contribution in [2.24, 2.45) is 0 Å². The van der Waals surface area contributed by atoms with E-state index in [2.05, 4.69) is 11.0 Å². The van der Waals surface area contributed by atoms with Crippen LogP contribution in [0.15, 0.2) is 30.3 Å². The molecule has 1 fully saturated rings. The lowest BCUT2D eigenvalue weighted by atomic mass is 10.1. The zero-order valence-corrected chi connectivity index (χ0v) is 11.0. The molecule has 1 aliphatic rings. The van der Waals surface area contributed by atoms with Crippen LogP contribution in [0.3, 0.4) is 0 Å². The summed E-state index contributed by atoms with van der Waals surface area (Å²) < 4.78 is 0. The Labute approximate surface area is 113 Å². The van der Waals surface area contributed by atoms with Gasteiger partial charge in [-0.05, 0) is 25.0 Å². The molecule has 0 radical (unpaired) electrons. The van der Waals surface area contributed by atoms with Gasteiger partial charge < -0.3 is 4.90 Å². The average Bonchev–Trinajstić information content (AvgIpc) is 2.75. The fraction of sp³-hybridized carbons (Fsp3) is 0.375. The molecule has 2 heterocycles. The fourth-order valence-electron chi connectivity index (χ4n) is 2.72. The predicted octanol–water partition coefficient (Wildman–Crippen LogP) is 3.49. The average molecular weight is 251 g/mol. The minimum atomic E-state index is 0.727. The van der Waals surface area contributed by atoms with Gasteiger partial charge in [0.25, 0.3) is 0 Å². The summed E-state index contributed by atoms with van der Waals surface area (Å²) in [5.41, 5.74) is 1.64. The summed E-state index contributed by atoms with van der Waals surface area (Å²) in [5, 5.41) is 10.3. The normalized spacial score (nSPS) is 16.1. The van der Waals surface area contributed by atoms with Crippen LogP contribution < -0.4 is 4.90 Å². The second-order valence-corrected chi connectivity index (χ2v) is 5.06. The Kier molecular flexibility index (Phi) is 3.33. The molecule has 0 unspecified atom stereocenters. The summed E-state index contributed by atoms with van der Waals surface area (Å²) in [6.07, 6.45) is 5.04. The summed E-state index contributed by atoms with van der Waals surface area (Å²) in [4.78, 5) is 7.04. The molecule has 0 spiro atoms. The third kappa shape index (κ3) is 2.39. The molecule has 1 aromatic heterocycles. The molecule has 0 bridgehead atoms. The number of hydrogen-bond acceptors (Lipinski definition) is 3. The van der Waals surface area contributed by atoms with Crippen LogP contribution in [-0.4, -0.2) is 18.1 Å². The molecule has 19 heavy (non-hydrogen) atoms. The molecule has 3 rings (SSSR count). The molecule has 0 atom stereocenters. The molecule has 96 valence electrons. The van der Waals surface area contributed by atoms with Crippen LogP contribution in [-0.2, 0) is 0 Å². The lowest BCUT2D eigenvalue weighted by Crippen LogP contribution is -2.25. The Morgan fingerprint density at radius 3 is 2.53 bits per heavy atom. The number of hydrogen-bond donors (Lipinski definition) is 0. The maximum atomic E-state index is 9.32. The second kappa shape index (κ2) is 5.27. The minimum Gasteiger partial charge on any atom is -0.357 e. The maximum Gasteiger partial charge on any atom is 0.130 e. The molecule has 0 saturated carbocycles. The van der Waals surface area contributed by atoms with Crippen molar-refractivity contribution in [2.45, 2.75) is 25.7 Å². The first-order chi connectivity index (χ1) is 9.38. The molecule has 0 N–H and O–H groups in total. The van der Waals surface area contributed by atoms with Crippen LogP contribution in [0.1, 0.15) is 31.2 Å². The maximum absolute atomic E-state index is 9.32. The van der Waals surface area contributed by atoms with Gasteiger partial charge in [0.1, 0.15) is 5.82 Å². The SMILES string of the molecule is N#Cc1cc(N2CCCCCC2)nc2ccccc12. The molecule has 2 aromatic rings. The summed E-state index contributed by atoms with van der Waals surface area (Å²) >= 11 is 0. The van der Waals surface area contributed by atoms with Gasteiger partial charge in [-0.25, -0.2) is 4.98 Å². The van der Waals surface area contributed by atoms with Crippen molar-refractivity contribution in [1.82, 2.24) is 4.98 Å². The smallest absolute Gasteiger partial charge is 0.130 e. The van der Waals surface area contributed by atoms with Crippen molar-refractivity contribution in [3.05, 3.63) is 35.9 Å². The number of pyridine rings is 1. The molecule has 1 saturated heterocycles. The van der Waals surface area contributed by atoms with E-state index in [1.54, 1.807) is 0 Å². The molecule has 0 aliphatic carbocycles. The van der Waals surface area contributed by atoms with Gasteiger partial charge in [0.05, 0.1) is 17.1 Å². The van der Waals surface area contributed by atoms with Crippen LogP contribution in [0, 0.1) is 11.3 Å².